The molecule has 0 atom stereocenters. The molecule has 0 aliphatic heterocycles. The molecule has 0 N–H and O–H groups in total. The Labute approximate surface area is 65.8 Å². The van der Waals surface area contributed by atoms with Gasteiger partial charge in [-0.1, -0.05) is 0 Å². The van der Waals surface area contributed by atoms with Crippen molar-refractivity contribution >= 4 is 19.8 Å². The first-order valence-corrected chi connectivity index (χ1v) is 9.05. The predicted octanol–water partition coefficient (Wildman–Crippen LogP) is 2.94. The molecular formula is C8H17I. The van der Waals surface area contributed by atoms with Crippen LogP contribution in [-0.2, 0) is 0 Å². The van der Waals surface area contributed by atoms with E-state index in [1.807, 2.05) is 0 Å². The van der Waals surface area contributed by atoms with E-state index >= 15 is 0 Å². The van der Waals surface area contributed by atoms with Crippen LogP contribution in [0.15, 0.2) is 0 Å². The Morgan fingerprint density at radius 1 is 1.44 bits per heavy atom. The van der Waals surface area contributed by atoms with Crippen LogP contribution in [0.1, 0.15) is 26.2 Å². The number of hydrogen-bond acceptors (Lipinski definition) is 0. The third kappa shape index (κ3) is 3.43. The Kier molecular flexibility index (Phi) is 3.30. The Bertz CT molecular complexity index is 76.6. The van der Waals surface area contributed by atoms with Gasteiger partial charge in [0.15, 0.2) is 0 Å². The van der Waals surface area contributed by atoms with Gasteiger partial charge in [-0.15, -0.1) is 0 Å². The van der Waals surface area contributed by atoms with Crippen molar-refractivity contribution in [3.63, 3.8) is 0 Å². The Balaban J connectivity index is 1.95. The van der Waals surface area contributed by atoms with Crippen LogP contribution >= 0.6 is 19.8 Å². The zero-order valence-electron chi connectivity index (χ0n) is 6.49. The molecule has 0 aromatic carbocycles. The monoisotopic (exact) mass is 240 g/mol. The van der Waals surface area contributed by atoms with E-state index in [1.54, 1.807) is 21.7 Å². The molecule has 0 spiro atoms. The second-order valence-electron chi connectivity index (χ2n) is 3.01. The van der Waals surface area contributed by atoms with Crippen molar-refractivity contribution < 1.29 is 0 Å². The van der Waals surface area contributed by atoms with Crippen LogP contribution in [0.2, 0.25) is 0 Å². The molecule has 0 unspecified atom stereocenters. The summed E-state index contributed by atoms with van der Waals surface area (Å²) in [6.45, 7) is 2.32. The van der Waals surface area contributed by atoms with E-state index < -0.39 is 0 Å². The number of halogens is 1. The van der Waals surface area contributed by atoms with Gasteiger partial charge in [0.05, 0.1) is 0 Å². The van der Waals surface area contributed by atoms with Gasteiger partial charge in [-0.05, 0) is 0 Å². The van der Waals surface area contributed by atoms with Gasteiger partial charge >= 0.3 is 65.7 Å². The molecular weight excluding hydrogens is 223 g/mol. The van der Waals surface area contributed by atoms with Gasteiger partial charge < -0.3 is 0 Å². The minimum absolute atomic E-state index is 0.351. The molecule has 1 heteroatoms. The second-order valence-corrected chi connectivity index (χ2v) is 9.10. The summed E-state index contributed by atoms with van der Waals surface area (Å²) in [6, 6.07) is 0. The van der Waals surface area contributed by atoms with Gasteiger partial charge in [-0.3, -0.25) is 0 Å². The van der Waals surface area contributed by atoms with Gasteiger partial charge in [0, 0.05) is 0 Å². The quantitative estimate of drug-likeness (QED) is 0.523. The maximum atomic E-state index is 2.55. The van der Waals surface area contributed by atoms with Crippen molar-refractivity contribution in [2.75, 3.05) is 13.8 Å². The van der Waals surface area contributed by atoms with Gasteiger partial charge in [0.2, 0.25) is 0 Å². The van der Waals surface area contributed by atoms with Crippen molar-refractivity contribution in [3.05, 3.63) is 0 Å². The van der Waals surface area contributed by atoms with Gasteiger partial charge in [-0.2, -0.15) is 0 Å². The van der Waals surface area contributed by atoms with E-state index in [0.717, 1.165) is 0 Å². The summed E-state index contributed by atoms with van der Waals surface area (Å²) in [5.41, 5.74) is 0. The standard InChI is InChI=1S/C8H17I/c1-3-6-9(2)7-8-4-5-8/h8H,3-7H2,1-2H3. The SMILES string of the molecule is CCCI(C)CC1CC1. The fraction of sp³-hybridized carbons (Fsp3) is 1.00. The molecule has 1 aliphatic rings. The topological polar surface area (TPSA) is 0 Å². The molecule has 0 bridgehead atoms. The Hall–Kier alpha value is 0.730. The van der Waals surface area contributed by atoms with E-state index in [-0.39, 0.29) is 19.8 Å². The summed E-state index contributed by atoms with van der Waals surface area (Å²) in [4.78, 5) is 2.55. The Morgan fingerprint density at radius 2 is 2.11 bits per heavy atom. The molecule has 1 fully saturated rings. The van der Waals surface area contributed by atoms with Crippen LogP contribution in [-0.4, -0.2) is 13.8 Å². The predicted molar refractivity (Wildman–Crippen MR) is 52.7 cm³/mol. The average Bonchev–Trinajstić information content (AvgIpc) is 2.50. The van der Waals surface area contributed by atoms with Crippen molar-refractivity contribution in [2.24, 2.45) is 5.92 Å². The van der Waals surface area contributed by atoms with Crippen LogP contribution < -0.4 is 0 Å². The summed E-state index contributed by atoms with van der Waals surface area (Å²) >= 11 is -0.351. The van der Waals surface area contributed by atoms with Crippen molar-refractivity contribution in [3.8, 4) is 0 Å². The first-order chi connectivity index (χ1) is 4.33. The number of alkyl halides is 3. The van der Waals surface area contributed by atoms with Gasteiger partial charge in [0.25, 0.3) is 0 Å². The van der Waals surface area contributed by atoms with Gasteiger partial charge in [0.1, 0.15) is 0 Å². The van der Waals surface area contributed by atoms with Crippen LogP contribution in [0.25, 0.3) is 0 Å². The summed E-state index contributed by atoms with van der Waals surface area (Å²) in [7, 11) is 0. The molecule has 9 heavy (non-hydrogen) atoms. The first-order valence-electron chi connectivity index (χ1n) is 3.84. The molecule has 0 nitrogen and oxygen atoms in total. The van der Waals surface area contributed by atoms with E-state index in [9.17, 15) is 0 Å². The third-order valence-corrected chi connectivity index (χ3v) is 7.36. The summed E-state index contributed by atoms with van der Waals surface area (Å²) < 4.78 is 3.26. The second kappa shape index (κ2) is 3.79. The molecule has 1 rings (SSSR count). The molecule has 0 aromatic heterocycles. The van der Waals surface area contributed by atoms with Crippen molar-refractivity contribution in [2.45, 2.75) is 26.2 Å². The van der Waals surface area contributed by atoms with E-state index in [2.05, 4.69) is 11.9 Å². The van der Waals surface area contributed by atoms with Crippen LogP contribution in [0.4, 0.5) is 0 Å². The van der Waals surface area contributed by atoms with Crippen LogP contribution in [0.5, 0.6) is 0 Å². The zero-order chi connectivity index (χ0) is 6.69. The molecule has 1 aliphatic carbocycles. The normalized spacial score (nSPS) is 20.0. The fourth-order valence-corrected chi connectivity index (χ4v) is 6.33. The molecule has 0 heterocycles. The molecule has 0 aromatic rings. The van der Waals surface area contributed by atoms with Crippen LogP contribution in [0.3, 0.4) is 0 Å². The number of rotatable bonds is 4. The number of hydrogen-bond donors (Lipinski definition) is 0. The molecule has 0 amide bonds. The molecule has 56 valence electrons. The average molecular weight is 240 g/mol. The molecule has 0 radical (unpaired) electrons. The maximum absolute atomic E-state index is 2.55. The summed E-state index contributed by atoms with van der Waals surface area (Å²) in [6.07, 6.45) is 4.56. The molecule has 1 saturated carbocycles. The van der Waals surface area contributed by atoms with E-state index in [1.165, 1.54) is 12.3 Å². The van der Waals surface area contributed by atoms with Crippen LogP contribution in [0, 0.1) is 5.92 Å². The third-order valence-electron chi connectivity index (χ3n) is 1.69. The van der Waals surface area contributed by atoms with Crippen molar-refractivity contribution in [1.82, 2.24) is 0 Å². The Morgan fingerprint density at radius 3 is 2.56 bits per heavy atom. The summed E-state index contributed by atoms with van der Waals surface area (Å²) in [5.74, 6) is 1.20. The van der Waals surface area contributed by atoms with Crippen molar-refractivity contribution in [1.29, 1.82) is 0 Å². The van der Waals surface area contributed by atoms with Gasteiger partial charge in [-0.25, -0.2) is 0 Å². The van der Waals surface area contributed by atoms with E-state index in [4.69, 9.17) is 0 Å². The molecule has 0 saturated heterocycles. The minimum atomic E-state index is -0.351. The zero-order valence-corrected chi connectivity index (χ0v) is 8.65. The fourth-order valence-electron chi connectivity index (χ4n) is 1.04. The summed E-state index contributed by atoms with van der Waals surface area (Å²) in [5, 5.41) is 0. The van der Waals surface area contributed by atoms with E-state index in [0.29, 0.717) is 0 Å². The first kappa shape index (κ1) is 7.83.